The topological polar surface area (TPSA) is 63.6 Å². The third-order valence-corrected chi connectivity index (χ3v) is 2.85. The van der Waals surface area contributed by atoms with Crippen LogP contribution in [0.5, 0.6) is 0 Å². The van der Waals surface area contributed by atoms with Gasteiger partial charge in [-0.15, -0.1) is 0 Å². The van der Waals surface area contributed by atoms with E-state index in [0.717, 1.165) is 0 Å². The fourth-order valence-corrected chi connectivity index (χ4v) is 1.56. The quantitative estimate of drug-likeness (QED) is 0.474. The SMILES string of the molecule is [2H]c1c([2H])c(C([2H])(C(=O)O)C([2H])([2H])[2H])c([2H])c([2H])c1C([2H])([2H])C([2H])(C([2H])([2H])[2H])C([2H])([2H])[2H].[2H]c1c([2H])c(C([2H])(C(=O)OC)C([2H])([2H])[2H])c([2H])c([2H])c1C([2H])([2H])C([2H])(C([2H])([2H])[2H])C([2H])([2H])[2H]. The molecule has 0 fully saturated rings. The van der Waals surface area contributed by atoms with Gasteiger partial charge >= 0.3 is 11.9 Å². The number of ether oxygens (including phenoxy) is 1. The minimum Gasteiger partial charge on any atom is -0.481 e. The number of carbonyl (C=O) groups is 2. The van der Waals surface area contributed by atoms with Gasteiger partial charge in [0.25, 0.3) is 0 Å². The van der Waals surface area contributed by atoms with Gasteiger partial charge < -0.3 is 9.84 Å². The van der Waals surface area contributed by atoms with Gasteiger partial charge in [0.1, 0.15) is 0 Å². The Morgan fingerprint density at radius 2 is 1.29 bits per heavy atom. The third-order valence-electron chi connectivity index (χ3n) is 2.85. The fourth-order valence-electron chi connectivity index (χ4n) is 1.56. The van der Waals surface area contributed by atoms with E-state index in [1.54, 1.807) is 0 Å². The zero-order chi connectivity index (χ0) is 52.8. The molecule has 2 rings (SSSR count). The normalized spacial score (nSPS) is 34.7. The van der Waals surface area contributed by atoms with E-state index >= 15 is 0 Å². The first-order valence-electron chi connectivity index (χ1n) is 24.7. The molecule has 0 heterocycles. The first kappa shape index (κ1) is 5.47. The molecule has 4 nitrogen and oxygen atoms in total. The van der Waals surface area contributed by atoms with Crippen LogP contribution in [0, 0.1) is 11.8 Å². The second-order valence-electron chi connectivity index (χ2n) is 5.05. The molecule has 0 saturated carbocycles. The van der Waals surface area contributed by atoms with Crippen LogP contribution in [0.1, 0.15) is 122 Å². The van der Waals surface area contributed by atoms with Crippen LogP contribution < -0.4 is 0 Å². The summed E-state index contributed by atoms with van der Waals surface area (Å²) in [6, 6.07) is -11.8. The van der Waals surface area contributed by atoms with E-state index < -0.39 is 160 Å². The summed E-state index contributed by atoms with van der Waals surface area (Å²) in [5.41, 5.74) is -5.74. The van der Waals surface area contributed by atoms with E-state index in [0.29, 0.717) is 7.11 Å². The Morgan fingerprint density at radius 1 is 0.871 bits per heavy atom. The van der Waals surface area contributed by atoms with E-state index in [4.69, 9.17) is 46.6 Å². The largest absolute Gasteiger partial charge is 0.481 e. The summed E-state index contributed by atoms with van der Waals surface area (Å²) < 4.78 is 267. The number of hydrogen-bond acceptors (Lipinski definition) is 3. The van der Waals surface area contributed by atoms with Crippen molar-refractivity contribution in [1.29, 1.82) is 0 Å². The highest BCUT2D eigenvalue weighted by Crippen LogP contribution is 2.19. The van der Waals surface area contributed by atoms with Crippen molar-refractivity contribution in [1.82, 2.24) is 0 Å². The predicted octanol–water partition coefficient (Wildman–Crippen LogP) is 6.23. The maximum atomic E-state index is 12.2. The van der Waals surface area contributed by atoms with Gasteiger partial charge in [0.05, 0.1) is 29.9 Å². The van der Waals surface area contributed by atoms with Crippen LogP contribution in [0.4, 0.5) is 0 Å². The lowest BCUT2D eigenvalue weighted by Gasteiger charge is -2.11. The number of methoxy groups -OCH3 is 1. The Morgan fingerprint density at radius 3 is 1.61 bits per heavy atom. The predicted molar refractivity (Wildman–Crippen MR) is 126 cm³/mol. The van der Waals surface area contributed by atoms with E-state index in [1.165, 1.54) is 0 Å². The molecule has 0 bridgehead atoms. The van der Waals surface area contributed by atoms with Gasteiger partial charge in [-0.05, 0) is 60.5 Å². The molecule has 0 aliphatic heterocycles. The Bertz CT molecular complexity index is 2080. The number of benzene rings is 2. The number of carboxylic acids is 1. The molecule has 0 spiro atoms. The van der Waals surface area contributed by atoms with Gasteiger partial charge in [0.15, 0.2) is 0 Å². The molecule has 0 aromatic heterocycles. The molecule has 2 unspecified atom stereocenters. The van der Waals surface area contributed by atoms with Crippen LogP contribution in [0.2, 0.25) is 0 Å². The van der Waals surface area contributed by atoms with Gasteiger partial charge in [0.2, 0.25) is 0 Å². The van der Waals surface area contributed by atoms with Crippen molar-refractivity contribution in [2.45, 2.75) is 65.6 Å². The Hall–Kier alpha value is -2.62. The molecule has 0 aliphatic carbocycles. The van der Waals surface area contributed by atoms with Crippen LogP contribution in [0.15, 0.2) is 48.3 Å². The highest BCUT2D eigenvalue weighted by atomic mass is 16.5. The molecule has 0 saturated heterocycles. The Kier molecular flexibility index (Phi) is 2.28. The molecule has 4 heteroatoms. The highest BCUT2D eigenvalue weighted by Gasteiger charge is 2.15. The maximum absolute atomic E-state index is 12.2. The molecule has 0 radical (unpaired) electrons. The van der Waals surface area contributed by atoms with Gasteiger partial charge in [-0.3, -0.25) is 9.59 Å². The zero-order valence-electron chi connectivity index (χ0n) is 49.7. The van der Waals surface area contributed by atoms with Crippen molar-refractivity contribution in [3.8, 4) is 0 Å². The van der Waals surface area contributed by atoms with E-state index in [1.807, 2.05) is 0 Å². The summed E-state index contributed by atoms with van der Waals surface area (Å²) in [4.78, 5) is 23.8. The van der Waals surface area contributed by atoms with Gasteiger partial charge in [-0.2, -0.15) is 0 Å². The monoisotopic (exact) mass is 460 g/mol. The lowest BCUT2D eigenvalue weighted by Crippen LogP contribution is -2.10. The van der Waals surface area contributed by atoms with Gasteiger partial charge in [0, 0.05) is 35.6 Å². The van der Waals surface area contributed by atoms with Crippen molar-refractivity contribution < 1.29 is 66.0 Å². The van der Waals surface area contributed by atoms with E-state index in [-0.39, 0.29) is 0 Å². The van der Waals surface area contributed by atoms with Crippen molar-refractivity contribution >= 4 is 11.9 Å². The average molecular weight is 461 g/mol. The Balaban J connectivity index is 0.000000650. The smallest absolute Gasteiger partial charge is 0.312 e. The summed E-state index contributed by atoms with van der Waals surface area (Å²) in [6.07, 6.45) is -7.78. The Labute approximate surface area is 235 Å². The first-order chi connectivity index (χ1) is 28.2. The molecule has 1 N–H and O–H groups in total. The van der Waals surface area contributed by atoms with Crippen LogP contribution in [0.25, 0.3) is 0 Å². The van der Waals surface area contributed by atoms with Crippen LogP contribution in [-0.2, 0) is 27.1 Å². The van der Waals surface area contributed by atoms with Gasteiger partial charge in [-0.25, -0.2) is 0 Å². The summed E-state index contributed by atoms with van der Waals surface area (Å²) in [5.74, 6) is -19.4. The second-order valence-corrected chi connectivity index (χ2v) is 5.05. The van der Waals surface area contributed by atoms with Crippen LogP contribution >= 0.6 is 0 Å². The van der Waals surface area contributed by atoms with E-state index in [9.17, 15) is 14.7 Å². The lowest BCUT2D eigenvalue weighted by atomic mass is 9.97. The molecule has 0 aliphatic rings. The molecule has 2 aromatic rings. The standard InChI is InChI=1S/C14H20O2.C13H18O2/c1-10(2)9-12-5-7-13(8-6-12)11(3)14(15)16-4;1-9(2)8-11-4-6-12(7-5-11)10(3)13(14)15/h5-8,10-11H,9H2,1-4H3;4-7,9-10H,8H2,1-3H3,(H,14,15)/i1D3,2D3,3D3,5D,6D,7D,8D,9D2,10D,11D;1D3,2D3,3D3,4D,5D,6D,7D,8D2,9D,10D. The summed E-state index contributed by atoms with van der Waals surface area (Å²) in [6.45, 7) is -22.8. The lowest BCUT2D eigenvalue weighted by molar-refractivity contribution is -0.142. The minimum absolute atomic E-state index is 0.710. The fraction of sp³-hybridized carbons (Fsp3) is 0.481. The van der Waals surface area contributed by atoms with E-state index in [2.05, 4.69) is 4.74 Å². The molecule has 170 valence electrons. The number of hydrogen-bond donors (Lipinski definition) is 1. The summed E-state index contributed by atoms with van der Waals surface area (Å²) in [7, 11) is 0.710. The number of aliphatic carboxylic acids is 1. The molecular weight excluding hydrogens is 388 g/mol. The number of esters is 1. The van der Waals surface area contributed by atoms with Gasteiger partial charge in [-0.1, -0.05) is 75.7 Å². The zero-order valence-corrected chi connectivity index (χ0v) is 15.7. The molecule has 2 aromatic carbocycles. The van der Waals surface area contributed by atoms with Crippen LogP contribution in [-0.4, -0.2) is 24.2 Å². The average Bonchev–Trinajstić information content (AvgIpc) is 3.09. The number of rotatable bonds is 8. The number of carboxylic acid groups (broad SMARTS) is 1. The van der Waals surface area contributed by atoms with Crippen LogP contribution in [0.3, 0.4) is 0 Å². The van der Waals surface area contributed by atoms with Crippen molar-refractivity contribution in [2.75, 3.05) is 7.11 Å². The van der Waals surface area contributed by atoms with Crippen molar-refractivity contribution in [2.24, 2.45) is 11.8 Å². The maximum Gasteiger partial charge on any atom is 0.312 e. The second kappa shape index (κ2) is 12.9. The third kappa shape index (κ3) is 9.37. The molecule has 31 heavy (non-hydrogen) atoms. The van der Waals surface area contributed by atoms with Crippen molar-refractivity contribution in [3.05, 3.63) is 70.6 Å². The first-order valence-corrected chi connectivity index (χ1v) is 7.74. The minimum atomic E-state index is -4.01. The highest BCUT2D eigenvalue weighted by molar-refractivity contribution is 5.77. The molecule has 2 atom stereocenters. The molecular formula is C27H38O4. The molecule has 0 amide bonds. The van der Waals surface area contributed by atoms with Crippen molar-refractivity contribution in [3.63, 3.8) is 0 Å². The summed E-state index contributed by atoms with van der Waals surface area (Å²) >= 11 is 0. The number of carbonyl (C=O) groups excluding carboxylic acids is 1. The summed E-state index contributed by atoms with van der Waals surface area (Å²) in [5, 5.41) is 9.33.